The molecule has 0 aliphatic carbocycles. The van der Waals surface area contributed by atoms with Crippen LogP contribution in [0.3, 0.4) is 0 Å². The number of hydrogen-bond donors (Lipinski definition) is 1. The van der Waals surface area contributed by atoms with Gasteiger partial charge in [-0.3, -0.25) is 4.79 Å². The summed E-state index contributed by atoms with van der Waals surface area (Å²) in [6.45, 7) is 1.75. The fraction of sp³-hybridized carbons (Fsp3) is 0.235. The number of anilines is 1. The molecule has 0 saturated carbocycles. The van der Waals surface area contributed by atoms with E-state index in [-0.39, 0.29) is 12.5 Å². The Morgan fingerprint density at radius 3 is 2.17 bits per heavy atom. The third-order valence-corrected chi connectivity index (χ3v) is 3.33. The number of benzene rings is 2. The first-order chi connectivity index (χ1) is 11.0. The van der Waals surface area contributed by atoms with E-state index in [0.717, 1.165) is 5.56 Å². The van der Waals surface area contributed by atoms with Crippen LogP contribution in [0.4, 0.5) is 5.69 Å². The van der Waals surface area contributed by atoms with Crippen LogP contribution in [-0.2, 0) is 4.79 Å². The molecule has 23 heavy (non-hydrogen) atoms. The topological polar surface area (TPSA) is 56.8 Å². The van der Waals surface area contributed by atoms with E-state index in [4.69, 9.17) is 25.8 Å². The second kappa shape index (κ2) is 7.74. The van der Waals surface area contributed by atoms with Gasteiger partial charge in [-0.15, -0.1) is 0 Å². The number of hydrogen-bond acceptors (Lipinski definition) is 4. The molecule has 5 nitrogen and oxygen atoms in total. The van der Waals surface area contributed by atoms with Crippen LogP contribution in [0.25, 0.3) is 0 Å². The van der Waals surface area contributed by atoms with E-state index in [1.807, 2.05) is 19.1 Å². The van der Waals surface area contributed by atoms with Gasteiger partial charge in [-0.25, -0.2) is 0 Å². The van der Waals surface area contributed by atoms with Gasteiger partial charge in [0, 0.05) is 10.7 Å². The molecule has 0 heterocycles. The normalized spacial score (nSPS) is 10.1. The van der Waals surface area contributed by atoms with Crippen molar-refractivity contribution in [1.29, 1.82) is 0 Å². The Bertz CT molecular complexity index is 660. The standard InChI is InChI=1S/C17H18ClNO4/c1-11-8-14(21-2)17(15(9-11)22-3)23-10-16(20)19-13-6-4-12(18)5-7-13/h4-9H,10H2,1-3H3,(H,19,20). The Labute approximate surface area is 140 Å². The van der Waals surface area contributed by atoms with Crippen molar-refractivity contribution in [1.82, 2.24) is 0 Å². The zero-order valence-electron chi connectivity index (χ0n) is 13.2. The maximum atomic E-state index is 12.0. The molecule has 0 aliphatic heterocycles. The molecule has 1 N–H and O–H groups in total. The lowest BCUT2D eigenvalue weighted by atomic mass is 10.2. The molecular weight excluding hydrogens is 318 g/mol. The van der Waals surface area contributed by atoms with Crippen LogP contribution in [0.1, 0.15) is 5.56 Å². The molecule has 0 fully saturated rings. The molecule has 0 aromatic heterocycles. The number of nitrogens with one attached hydrogen (secondary N) is 1. The minimum Gasteiger partial charge on any atom is -0.493 e. The first-order valence-electron chi connectivity index (χ1n) is 6.94. The molecule has 0 atom stereocenters. The third-order valence-electron chi connectivity index (χ3n) is 3.08. The monoisotopic (exact) mass is 335 g/mol. The summed E-state index contributed by atoms with van der Waals surface area (Å²) in [6.07, 6.45) is 0. The van der Waals surface area contributed by atoms with E-state index >= 15 is 0 Å². The highest BCUT2D eigenvalue weighted by Gasteiger charge is 2.14. The van der Waals surface area contributed by atoms with E-state index in [1.165, 1.54) is 14.2 Å². The molecule has 0 aliphatic rings. The van der Waals surface area contributed by atoms with Gasteiger partial charge < -0.3 is 19.5 Å². The highest BCUT2D eigenvalue weighted by molar-refractivity contribution is 6.30. The van der Waals surface area contributed by atoms with Gasteiger partial charge in [0.25, 0.3) is 5.91 Å². The molecule has 6 heteroatoms. The molecule has 0 saturated heterocycles. The molecule has 0 radical (unpaired) electrons. The first-order valence-corrected chi connectivity index (χ1v) is 7.32. The van der Waals surface area contributed by atoms with Crippen molar-refractivity contribution in [3.05, 3.63) is 47.0 Å². The Morgan fingerprint density at radius 1 is 1.09 bits per heavy atom. The number of methoxy groups -OCH3 is 2. The van der Waals surface area contributed by atoms with Gasteiger partial charge in [0.15, 0.2) is 18.1 Å². The predicted octanol–water partition coefficient (Wildman–Crippen LogP) is 3.68. The summed E-state index contributed by atoms with van der Waals surface area (Å²) in [5.74, 6) is 1.13. The summed E-state index contributed by atoms with van der Waals surface area (Å²) in [5.41, 5.74) is 1.61. The van der Waals surface area contributed by atoms with Crippen LogP contribution in [0, 0.1) is 6.92 Å². The molecule has 0 bridgehead atoms. The minimum atomic E-state index is -0.294. The molecule has 0 unspecified atom stereocenters. The van der Waals surface area contributed by atoms with Crippen molar-refractivity contribution in [3.63, 3.8) is 0 Å². The lowest BCUT2D eigenvalue weighted by molar-refractivity contribution is -0.118. The molecule has 2 rings (SSSR count). The molecular formula is C17H18ClNO4. The Hall–Kier alpha value is -2.40. The summed E-state index contributed by atoms with van der Waals surface area (Å²) in [7, 11) is 3.07. The second-order valence-corrected chi connectivity index (χ2v) is 5.28. The number of carbonyl (C=O) groups is 1. The number of ether oxygens (including phenoxy) is 3. The van der Waals surface area contributed by atoms with E-state index in [2.05, 4.69) is 5.32 Å². The molecule has 2 aromatic carbocycles. The Balaban J connectivity index is 2.05. The van der Waals surface area contributed by atoms with Crippen LogP contribution in [0.5, 0.6) is 17.2 Å². The van der Waals surface area contributed by atoms with Gasteiger partial charge in [0.05, 0.1) is 14.2 Å². The van der Waals surface area contributed by atoms with Crippen LogP contribution in [0.15, 0.2) is 36.4 Å². The number of amides is 1. The maximum absolute atomic E-state index is 12.0. The van der Waals surface area contributed by atoms with Crippen molar-refractivity contribution in [2.45, 2.75) is 6.92 Å². The van der Waals surface area contributed by atoms with Gasteiger partial charge in [-0.1, -0.05) is 11.6 Å². The average molecular weight is 336 g/mol. The quantitative estimate of drug-likeness (QED) is 0.874. The largest absolute Gasteiger partial charge is 0.493 e. The van der Waals surface area contributed by atoms with E-state index in [1.54, 1.807) is 24.3 Å². The predicted molar refractivity (Wildman–Crippen MR) is 89.9 cm³/mol. The number of halogens is 1. The minimum absolute atomic E-state index is 0.168. The summed E-state index contributed by atoms with van der Waals surface area (Å²) >= 11 is 5.80. The summed E-state index contributed by atoms with van der Waals surface area (Å²) in [5, 5.41) is 3.33. The van der Waals surface area contributed by atoms with Gasteiger partial charge >= 0.3 is 0 Å². The molecule has 122 valence electrons. The fourth-order valence-electron chi connectivity index (χ4n) is 2.02. The zero-order valence-corrected chi connectivity index (χ0v) is 13.9. The smallest absolute Gasteiger partial charge is 0.262 e. The van der Waals surface area contributed by atoms with Gasteiger partial charge in [0.1, 0.15) is 0 Å². The van der Waals surface area contributed by atoms with Crippen molar-refractivity contribution in [2.24, 2.45) is 0 Å². The number of carbonyl (C=O) groups excluding carboxylic acids is 1. The fourth-order valence-corrected chi connectivity index (χ4v) is 2.15. The van der Waals surface area contributed by atoms with Crippen LogP contribution >= 0.6 is 11.6 Å². The Morgan fingerprint density at radius 2 is 1.65 bits per heavy atom. The summed E-state index contributed by atoms with van der Waals surface area (Å²) in [4.78, 5) is 12.0. The first kappa shape index (κ1) is 17.0. The van der Waals surface area contributed by atoms with Crippen molar-refractivity contribution in [3.8, 4) is 17.2 Å². The summed E-state index contributed by atoms with van der Waals surface area (Å²) < 4.78 is 16.1. The maximum Gasteiger partial charge on any atom is 0.262 e. The van der Waals surface area contributed by atoms with Crippen LogP contribution in [0.2, 0.25) is 5.02 Å². The lowest BCUT2D eigenvalue weighted by Gasteiger charge is -2.15. The average Bonchev–Trinajstić information content (AvgIpc) is 2.54. The second-order valence-electron chi connectivity index (χ2n) is 4.84. The van der Waals surface area contributed by atoms with Crippen molar-refractivity contribution >= 4 is 23.2 Å². The van der Waals surface area contributed by atoms with Crippen molar-refractivity contribution in [2.75, 3.05) is 26.1 Å². The van der Waals surface area contributed by atoms with E-state index < -0.39 is 0 Å². The van der Waals surface area contributed by atoms with E-state index in [9.17, 15) is 4.79 Å². The third kappa shape index (κ3) is 4.53. The highest BCUT2D eigenvalue weighted by Crippen LogP contribution is 2.38. The van der Waals surface area contributed by atoms with Crippen LogP contribution in [-0.4, -0.2) is 26.7 Å². The number of rotatable bonds is 6. The number of aryl methyl sites for hydroxylation is 1. The molecule has 1 amide bonds. The molecule has 2 aromatic rings. The Kier molecular flexibility index (Phi) is 5.71. The SMILES string of the molecule is COc1cc(C)cc(OC)c1OCC(=O)Nc1ccc(Cl)cc1. The molecule has 0 spiro atoms. The van der Waals surface area contributed by atoms with Gasteiger partial charge in [-0.05, 0) is 48.9 Å². The highest BCUT2D eigenvalue weighted by atomic mass is 35.5. The van der Waals surface area contributed by atoms with Gasteiger partial charge in [0.2, 0.25) is 5.75 Å². The van der Waals surface area contributed by atoms with Crippen molar-refractivity contribution < 1.29 is 19.0 Å². The summed E-state index contributed by atoms with van der Waals surface area (Å²) in [6, 6.07) is 10.5. The lowest BCUT2D eigenvalue weighted by Crippen LogP contribution is -2.20. The zero-order chi connectivity index (χ0) is 16.8. The van der Waals surface area contributed by atoms with Crippen LogP contribution < -0.4 is 19.5 Å². The van der Waals surface area contributed by atoms with Gasteiger partial charge in [-0.2, -0.15) is 0 Å². The van der Waals surface area contributed by atoms with E-state index in [0.29, 0.717) is 28.0 Å².